The van der Waals surface area contributed by atoms with Gasteiger partial charge in [-0.25, -0.2) is 18.1 Å². The molecule has 0 saturated heterocycles. The van der Waals surface area contributed by atoms with Crippen LogP contribution < -0.4 is 10.5 Å². The first-order chi connectivity index (χ1) is 10.0. The lowest BCUT2D eigenvalue weighted by atomic mass is 10.2. The molecule has 0 aliphatic rings. The number of nitrogens with one attached hydrogen (secondary N) is 1. The highest BCUT2D eigenvalue weighted by atomic mass is 32.2. The first kappa shape index (κ1) is 13.6. The number of aromatic nitrogens is 2. The van der Waals surface area contributed by atoms with Gasteiger partial charge in [-0.05, 0) is 30.3 Å². The van der Waals surface area contributed by atoms with E-state index in [-0.39, 0.29) is 4.90 Å². The first-order valence-corrected chi connectivity index (χ1v) is 7.87. The Balaban J connectivity index is 1.82. The highest BCUT2D eigenvalue weighted by Crippen LogP contribution is 2.16. The zero-order valence-corrected chi connectivity index (χ0v) is 11.9. The van der Waals surface area contributed by atoms with E-state index in [1.54, 1.807) is 22.8 Å². The first-order valence-electron chi connectivity index (χ1n) is 6.32. The molecule has 0 aliphatic carbocycles. The molecule has 21 heavy (non-hydrogen) atoms. The van der Waals surface area contributed by atoms with Crippen LogP contribution in [0.5, 0.6) is 0 Å². The van der Waals surface area contributed by atoms with E-state index < -0.39 is 10.0 Å². The molecule has 3 aromatic rings. The number of fused-ring (bicyclic) bond motifs is 1. The molecule has 0 atom stereocenters. The summed E-state index contributed by atoms with van der Waals surface area (Å²) in [5.74, 6) is 0. The number of nitrogens with zero attached hydrogens (tertiary/aromatic N) is 2. The van der Waals surface area contributed by atoms with Crippen molar-refractivity contribution in [2.75, 3.05) is 5.32 Å². The Morgan fingerprint density at radius 3 is 2.86 bits per heavy atom. The minimum Gasteiger partial charge on any atom is -0.381 e. The van der Waals surface area contributed by atoms with Crippen molar-refractivity contribution in [2.45, 2.75) is 11.4 Å². The minimum absolute atomic E-state index is 0.0902. The fraction of sp³-hybridized carbons (Fsp3) is 0.0714. The summed E-state index contributed by atoms with van der Waals surface area (Å²) < 4.78 is 24.4. The Morgan fingerprint density at radius 1 is 1.19 bits per heavy atom. The van der Waals surface area contributed by atoms with Crippen molar-refractivity contribution in [2.24, 2.45) is 5.14 Å². The van der Waals surface area contributed by atoms with Crippen LogP contribution in [0.2, 0.25) is 0 Å². The number of hydrogen-bond donors (Lipinski definition) is 2. The number of benzene rings is 1. The van der Waals surface area contributed by atoms with E-state index in [1.165, 1.54) is 12.1 Å². The van der Waals surface area contributed by atoms with Crippen LogP contribution in [0.25, 0.3) is 5.52 Å². The Kier molecular flexibility index (Phi) is 3.36. The molecule has 0 bridgehead atoms. The lowest BCUT2D eigenvalue weighted by molar-refractivity contribution is 0.598. The van der Waals surface area contributed by atoms with Crippen molar-refractivity contribution >= 4 is 21.2 Å². The van der Waals surface area contributed by atoms with E-state index in [4.69, 9.17) is 5.14 Å². The number of primary sulfonamides is 1. The summed E-state index contributed by atoms with van der Waals surface area (Å²) in [6.45, 7) is 0.543. The Hall–Kier alpha value is -2.38. The molecule has 1 aromatic carbocycles. The molecule has 2 aromatic heterocycles. The van der Waals surface area contributed by atoms with E-state index in [9.17, 15) is 8.42 Å². The van der Waals surface area contributed by atoms with Gasteiger partial charge in [0.1, 0.15) is 0 Å². The number of rotatable bonds is 4. The van der Waals surface area contributed by atoms with Crippen molar-refractivity contribution in [1.29, 1.82) is 0 Å². The predicted octanol–water partition coefficient (Wildman–Crippen LogP) is 1.59. The van der Waals surface area contributed by atoms with Crippen LogP contribution in [0.3, 0.4) is 0 Å². The van der Waals surface area contributed by atoms with Gasteiger partial charge in [-0.15, -0.1) is 0 Å². The molecular formula is C14H14N4O2S. The van der Waals surface area contributed by atoms with Gasteiger partial charge in [-0.1, -0.05) is 12.1 Å². The molecule has 0 unspecified atom stereocenters. The molecule has 0 amide bonds. The molecule has 0 radical (unpaired) electrons. The molecule has 0 aliphatic heterocycles. The SMILES string of the molecule is NS(=O)(=O)c1cccc(NCc2cnn3ccccc23)c1. The fourth-order valence-corrected chi connectivity index (χ4v) is 2.66. The van der Waals surface area contributed by atoms with Gasteiger partial charge in [-0.3, -0.25) is 0 Å². The van der Waals surface area contributed by atoms with Crippen LogP contribution in [0.15, 0.2) is 59.8 Å². The molecule has 6 nitrogen and oxygen atoms in total. The van der Waals surface area contributed by atoms with Crippen LogP contribution >= 0.6 is 0 Å². The van der Waals surface area contributed by atoms with Gasteiger partial charge in [-0.2, -0.15) is 5.10 Å². The van der Waals surface area contributed by atoms with E-state index in [1.807, 2.05) is 24.4 Å². The average Bonchev–Trinajstić information content (AvgIpc) is 2.88. The quantitative estimate of drug-likeness (QED) is 0.766. The van der Waals surface area contributed by atoms with Gasteiger partial charge >= 0.3 is 0 Å². The van der Waals surface area contributed by atoms with Crippen LogP contribution in [0, 0.1) is 0 Å². The Morgan fingerprint density at radius 2 is 2.05 bits per heavy atom. The van der Waals surface area contributed by atoms with Crippen molar-refractivity contribution < 1.29 is 8.42 Å². The lowest BCUT2D eigenvalue weighted by Gasteiger charge is -2.07. The van der Waals surface area contributed by atoms with Crippen LogP contribution in [0.4, 0.5) is 5.69 Å². The normalized spacial score (nSPS) is 11.7. The summed E-state index contributed by atoms with van der Waals surface area (Å²) in [5, 5.41) is 12.5. The predicted molar refractivity (Wildman–Crippen MR) is 80.3 cm³/mol. The smallest absolute Gasteiger partial charge is 0.238 e. The number of pyridine rings is 1. The summed E-state index contributed by atoms with van der Waals surface area (Å²) in [5.41, 5.74) is 2.72. The molecule has 3 rings (SSSR count). The van der Waals surface area contributed by atoms with Crippen molar-refractivity contribution in [3.8, 4) is 0 Å². The molecular weight excluding hydrogens is 288 g/mol. The lowest BCUT2D eigenvalue weighted by Crippen LogP contribution is -2.12. The second-order valence-corrected chi connectivity index (χ2v) is 6.19. The van der Waals surface area contributed by atoms with Gasteiger partial charge in [0.05, 0.1) is 16.6 Å². The summed E-state index contributed by atoms with van der Waals surface area (Å²) in [6.07, 6.45) is 3.66. The van der Waals surface area contributed by atoms with Gasteiger partial charge in [0, 0.05) is 24.0 Å². The summed E-state index contributed by atoms with van der Waals surface area (Å²) in [6, 6.07) is 12.3. The molecule has 0 saturated carbocycles. The largest absolute Gasteiger partial charge is 0.381 e. The third kappa shape index (κ3) is 2.88. The Labute approximate surface area is 122 Å². The maximum Gasteiger partial charge on any atom is 0.238 e. The second-order valence-electron chi connectivity index (χ2n) is 4.63. The summed E-state index contributed by atoms with van der Waals surface area (Å²) in [4.78, 5) is 0.0902. The topological polar surface area (TPSA) is 89.5 Å². The average molecular weight is 302 g/mol. The zero-order chi connectivity index (χ0) is 14.9. The van der Waals surface area contributed by atoms with Crippen LogP contribution in [-0.2, 0) is 16.6 Å². The number of hydrogen-bond acceptors (Lipinski definition) is 4. The van der Waals surface area contributed by atoms with E-state index >= 15 is 0 Å². The number of sulfonamides is 1. The summed E-state index contributed by atoms with van der Waals surface area (Å²) >= 11 is 0. The maximum atomic E-state index is 11.3. The van der Waals surface area contributed by atoms with Crippen molar-refractivity contribution in [1.82, 2.24) is 9.61 Å². The van der Waals surface area contributed by atoms with Crippen LogP contribution in [0.1, 0.15) is 5.56 Å². The molecule has 0 fully saturated rings. The zero-order valence-electron chi connectivity index (χ0n) is 11.1. The standard InChI is InChI=1S/C14H14N4O2S/c15-21(19,20)13-5-3-4-12(8-13)16-9-11-10-17-18-7-2-1-6-14(11)18/h1-8,10,16H,9H2,(H2,15,19,20). The molecule has 7 heteroatoms. The molecule has 2 heterocycles. The highest BCUT2D eigenvalue weighted by molar-refractivity contribution is 7.89. The van der Waals surface area contributed by atoms with E-state index in [0.29, 0.717) is 12.2 Å². The number of nitrogens with two attached hydrogens (primary N) is 1. The molecule has 108 valence electrons. The van der Waals surface area contributed by atoms with E-state index in [0.717, 1.165) is 11.1 Å². The second kappa shape index (κ2) is 5.19. The van der Waals surface area contributed by atoms with E-state index in [2.05, 4.69) is 10.4 Å². The van der Waals surface area contributed by atoms with Gasteiger partial charge in [0.2, 0.25) is 10.0 Å². The fourth-order valence-electron chi connectivity index (χ4n) is 2.10. The summed E-state index contributed by atoms with van der Waals surface area (Å²) in [7, 11) is -3.69. The highest BCUT2D eigenvalue weighted by Gasteiger charge is 2.08. The molecule has 0 spiro atoms. The van der Waals surface area contributed by atoms with Gasteiger partial charge in [0.15, 0.2) is 0 Å². The third-order valence-electron chi connectivity index (χ3n) is 3.15. The van der Waals surface area contributed by atoms with Gasteiger partial charge < -0.3 is 5.32 Å². The Bertz CT molecular complexity index is 887. The van der Waals surface area contributed by atoms with Gasteiger partial charge in [0.25, 0.3) is 0 Å². The van der Waals surface area contributed by atoms with Crippen LogP contribution in [-0.4, -0.2) is 18.0 Å². The third-order valence-corrected chi connectivity index (χ3v) is 4.06. The van der Waals surface area contributed by atoms with Crippen molar-refractivity contribution in [3.63, 3.8) is 0 Å². The molecule has 3 N–H and O–H groups in total. The maximum absolute atomic E-state index is 11.3. The minimum atomic E-state index is -3.69. The van der Waals surface area contributed by atoms with Crippen molar-refractivity contribution in [3.05, 3.63) is 60.4 Å². The monoisotopic (exact) mass is 302 g/mol. The number of anilines is 1.